The molecule has 0 amide bonds. The summed E-state index contributed by atoms with van der Waals surface area (Å²) in [6.07, 6.45) is 1.79. The molecule has 0 spiro atoms. The van der Waals surface area contributed by atoms with Crippen LogP contribution in [0.2, 0.25) is 0 Å². The van der Waals surface area contributed by atoms with Gasteiger partial charge in [0.25, 0.3) is 0 Å². The monoisotopic (exact) mass is 222 g/mol. The lowest BCUT2D eigenvalue weighted by Crippen LogP contribution is -1.97. The van der Waals surface area contributed by atoms with Crippen molar-refractivity contribution in [3.8, 4) is 0 Å². The second-order valence-electron chi connectivity index (χ2n) is 3.27. The molecule has 2 rings (SSSR count). The van der Waals surface area contributed by atoms with Crippen LogP contribution < -0.4 is 0 Å². The Kier molecular flexibility index (Phi) is 2.90. The van der Waals surface area contributed by atoms with Crippen LogP contribution in [0.15, 0.2) is 30.5 Å². The zero-order valence-corrected chi connectivity index (χ0v) is 8.17. The standard InChI is InChI=1S/C12H7F3N/c13-10-6-8(7-11(14)12(10)15)5-9-3-1-2-4-16-9/h1-4,6H,5H2. The summed E-state index contributed by atoms with van der Waals surface area (Å²) in [4.78, 5) is 4.00. The third-order valence-corrected chi connectivity index (χ3v) is 2.07. The summed E-state index contributed by atoms with van der Waals surface area (Å²) in [5, 5.41) is 0. The normalized spacial score (nSPS) is 10.4. The van der Waals surface area contributed by atoms with Crippen molar-refractivity contribution >= 4 is 0 Å². The van der Waals surface area contributed by atoms with Crippen molar-refractivity contribution in [3.05, 3.63) is 65.2 Å². The summed E-state index contributed by atoms with van der Waals surface area (Å²) in [6.45, 7) is 0. The molecule has 16 heavy (non-hydrogen) atoms. The highest BCUT2D eigenvalue weighted by Gasteiger charge is 2.11. The molecule has 0 saturated heterocycles. The molecule has 0 N–H and O–H groups in total. The second-order valence-corrected chi connectivity index (χ2v) is 3.27. The molecule has 0 aliphatic carbocycles. The Morgan fingerprint density at radius 2 is 2.00 bits per heavy atom. The first-order chi connectivity index (χ1) is 7.66. The maximum absolute atomic E-state index is 12.9. The molecular weight excluding hydrogens is 215 g/mol. The Morgan fingerprint density at radius 3 is 2.62 bits per heavy atom. The summed E-state index contributed by atoms with van der Waals surface area (Å²) in [5.74, 6) is -4.00. The highest BCUT2D eigenvalue weighted by atomic mass is 19.2. The molecule has 1 aromatic heterocycles. The Hall–Kier alpha value is -1.84. The molecule has 1 aromatic carbocycles. The van der Waals surface area contributed by atoms with Gasteiger partial charge in [-0.2, -0.15) is 0 Å². The van der Waals surface area contributed by atoms with Crippen LogP contribution in [0.1, 0.15) is 11.3 Å². The van der Waals surface area contributed by atoms with Crippen LogP contribution >= 0.6 is 0 Å². The number of hydrogen-bond donors (Lipinski definition) is 0. The first-order valence-electron chi connectivity index (χ1n) is 4.62. The van der Waals surface area contributed by atoms with E-state index in [0.29, 0.717) is 5.69 Å². The minimum Gasteiger partial charge on any atom is -0.261 e. The van der Waals surface area contributed by atoms with Gasteiger partial charge in [-0.25, -0.2) is 13.2 Å². The quantitative estimate of drug-likeness (QED) is 0.712. The van der Waals surface area contributed by atoms with E-state index < -0.39 is 17.5 Å². The number of nitrogens with zero attached hydrogens (tertiary/aromatic N) is 1. The molecule has 1 heterocycles. The fourth-order valence-corrected chi connectivity index (χ4v) is 1.35. The van der Waals surface area contributed by atoms with Crippen LogP contribution in [0.3, 0.4) is 0 Å². The Bertz CT molecular complexity index is 474. The SMILES string of the molecule is Fc1[c]c(Cc2ccccn2)cc(F)c1F. The van der Waals surface area contributed by atoms with E-state index >= 15 is 0 Å². The molecule has 1 radical (unpaired) electrons. The molecule has 1 nitrogen and oxygen atoms in total. The maximum atomic E-state index is 12.9. The van der Waals surface area contributed by atoms with E-state index in [1.165, 1.54) is 0 Å². The molecule has 0 unspecified atom stereocenters. The Labute approximate surface area is 90.6 Å². The first kappa shape index (κ1) is 10.7. The minimum atomic E-state index is -1.50. The van der Waals surface area contributed by atoms with Gasteiger partial charge in [-0.3, -0.25) is 4.98 Å². The Morgan fingerprint density at radius 1 is 1.19 bits per heavy atom. The van der Waals surface area contributed by atoms with Crippen LogP contribution in [0.25, 0.3) is 0 Å². The van der Waals surface area contributed by atoms with Gasteiger partial charge in [0.1, 0.15) is 0 Å². The van der Waals surface area contributed by atoms with Gasteiger partial charge < -0.3 is 0 Å². The average Bonchev–Trinajstić information content (AvgIpc) is 2.27. The van der Waals surface area contributed by atoms with Crippen molar-refractivity contribution in [1.29, 1.82) is 0 Å². The van der Waals surface area contributed by atoms with Crippen molar-refractivity contribution in [1.82, 2.24) is 4.98 Å². The van der Waals surface area contributed by atoms with Gasteiger partial charge in [-0.15, -0.1) is 0 Å². The third kappa shape index (κ3) is 2.21. The summed E-state index contributed by atoms with van der Waals surface area (Å²) in [7, 11) is 0. The zero-order valence-electron chi connectivity index (χ0n) is 8.17. The summed E-state index contributed by atoms with van der Waals surface area (Å²) >= 11 is 0. The largest absolute Gasteiger partial charge is 0.261 e. The molecule has 0 aliphatic heterocycles. The minimum absolute atomic E-state index is 0.217. The maximum Gasteiger partial charge on any atom is 0.195 e. The lowest BCUT2D eigenvalue weighted by atomic mass is 10.1. The lowest BCUT2D eigenvalue weighted by Gasteiger charge is -2.02. The van der Waals surface area contributed by atoms with Crippen LogP contribution in [0.5, 0.6) is 0 Å². The van der Waals surface area contributed by atoms with Crippen LogP contribution in [0, 0.1) is 23.5 Å². The predicted octanol–water partition coefficient (Wildman–Crippen LogP) is 2.89. The van der Waals surface area contributed by atoms with Crippen molar-refractivity contribution in [2.75, 3.05) is 0 Å². The summed E-state index contributed by atoms with van der Waals surface area (Å²) in [6, 6.07) is 8.28. The Balaban J connectivity index is 2.29. The van der Waals surface area contributed by atoms with E-state index in [9.17, 15) is 13.2 Å². The zero-order chi connectivity index (χ0) is 11.5. The van der Waals surface area contributed by atoms with Crippen LogP contribution in [-0.2, 0) is 6.42 Å². The number of benzene rings is 1. The molecule has 0 saturated carbocycles. The van der Waals surface area contributed by atoms with Gasteiger partial charge in [0.15, 0.2) is 17.5 Å². The van der Waals surface area contributed by atoms with Gasteiger partial charge in [0.05, 0.1) is 0 Å². The van der Waals surface area contributed by atoms with E-state index in [1.54, 1.807) is 24.4 Å². The fraction of sp³-hybridized carbons (Fsp3) is 0.0833. The highest BCUT2D eigenvalue weighted by molar-refractivity contribution is 5.23. The van der Waals surface area contributed by atoms with E-state index in [2.05, 4.69) is 11.1 Å². The smallest absolute Gasteiger partial charge is 0.195 e. The highest BCUT2D eigenvalue weighted by Crippen LogP contribution is 2.15. The predicted molar refractivity (Wildman–Crippen MR) is 52.2 cm³/mol. The molecule has 0 bridgehead atoms. The summed E-state index contributed by atoms with van der Waals surface area (Å²) < 4.78 is 38.4. The molecule has 0 fully saturated rings. The van der Waals surface area contributed by atoms with E-state index in [-0.39, 0.29) is 12.0 Å². The van der Waals surface area contributed by atoms with Gasteiger partial charge in [0.2, 0.25) is 0 Å². The number of aromatic nitrogens is 1. The molecule has 81 valence electrons. The second kappa shape index (κ2) is 4.35. The fourth-order valence-electron chi connectivity index (χ4n) is 1.35. The number of pyridine rings is 1. The average molecular weight is 222 g/mol. The van der Waals surface area contributed by atoms with E-state index in [0.717, 1.165) is 6.07 Å². The lowest BCUT2D eigenvalue weighted by molar-refractivity contribution is 0.444. The number of halogens is 3. The molecule has 2 aromatic rings. The molecule has 0 atom stereocenters. The summed E-state index contributed by atoms with van der Waals surface area (Å²) in [5.41, 5.74) is 0.874. The molecular formula is C12H7F3N. The first-order valence-corrected chi connectivity index (χ1v) is 4.62. The van der Waals surface area contributed by atoms with Gasteiger partial charge >= 0.3 is 0 Å². The van der Waals surface area contributed by atoms with Crippen molar-refractivity contribution in [3.63, 3.8) is 0 Å². The molecule has 4 heteroatoms. The topological polar surface area (TPSA) is 12.9 Å². The van der Waals surface area contributed by atoms with Crippen LogP contribution in [0.4, 0.5) is 13.2 Å². The van der Waals surface area contributed by atoms with Gasteiger partial charge in [-0.05, 0) is 23.8 Å². The van der Waals surface area contributed by atoms with E-state index in [1.807, 2.05) is 0 Å². The van der Waals surface area contributed by atoms with Crippen LogP contribution in [-0.4, -0.2) is 4.98 Å². The van der Waals surface area contributed by atoms with Gasteiger partial charge in [-0.1, -0.05) is 6.07 Å². The third-order valence-electron chi connectivity index (χ3n) is 2.07. The van der Waals surface area contributed by atoms with E-state index in [4.69, 9.17) is 0 Å². The van der Waals surface area contributed by atoms with Gasteiger partial charge in [0, 0.05) is 24.4 Å². The molecule has 0 aliphatic rings. The number of hydrogen-bond acceptors (Lipinski definition) is 1. The van der Waals surface area contributed by atoms with Crippen molar-refractivity contribution in [2.24, 2.45) is 0 Å². The van der Waals surface area contributed by atoms with Crippen molar-refractivity contribution in [2.45, 2.75) is 6.42 Å². The van der Waals surface area contributed by atoms with Crippen molar-refractivity contribution < 1.29 is 13.2 Å². The number of rotatable bonds is 2.